The van der Waals surface area contributed by atoms with Gasteiger partial charge >= 0.3 is 0 Å². The van der Waals surface area contributed by atoms with Crippen LogP contribution in [-0.2, 0) is 0 Å². The first-order chi connectivity index (χ1) is 4.41. The van der Waals surface area contributed by atoms with E-state index in [0.29, 0.717) is 15.2 Å². The first kappa shape index (κ1) is 9.27. The maximum absolute atomic E-state index is 3.70. The topological polar surface area (TPSA) is 0 Å². The number of unbranched alkanes of at least 4 members (excludes halogenated alkanes) is 2. The fraction of sp³-hybridized carbons (Fsp3) is 0.750. The Labute approximate surface area is 65.1 Å². The molecule has 0 aliphatic heterocycles. The highest BCUT2D eigenvalue weighted by Crippen LogP contribution is 1.99. The maximum Gasteiger partial charge on any atom is 0.206 e. The first-order valence-corrected chi connectivity index (χ1v) is 5.47. The van der Waals surface area contributed by atoms with Gasteiger partial charge in [0.2, 0.25) is 15.2 Å². The van der Waals surface area contributed by atoms with E-state index in [0.717, 1.165) is 0 Å². The normalized spacial score (nSPS) is 9.00. The molecule has 0 aromatic rings. The van der Waals surface area contributed by atoms with Crippen LogP contribution in [0, 0.1) is 0 Å². The van der Waals surface area contributed by atoms with Crippen molar-refractivity contribution in [2.45, 2.75) is 36.8 Å². The predicted molar refractivity (Wildman–Crippen MR) is 45.1 cm³/mol. The van der Waals surface area contributed by atoms with E-state index in [2.05, 4.69) is 13.5 Å². The van der Waals surface area contributed by atoms with Crippen LogP contribution in [0.3, 0.4) is 0 Å². The highest BCUT2D eigenvalue weighted by atomic mass is 27.1. The van der Waals surface area contributed by atoms with Crippen LogP contribution in [0.25, 0.3) is 0 Å². The molecule has 0 N–H and O–H groups in total. The summed E-state index contributed by atoms with van der Waals surface area (Å²) in [6.45, 7) is 5.95. The van der Waals surface area contributed by atoms with Crippen molar-refractivity contribution in [3.05, 3.63) is 12.7 Å². The number of allylic oxidation sites excluding steroid dienone is 1. The number of hydrogen-bond donors (Lipinski definition) is 0. The van der Waals surface area contributed by atoms with Gasteiger partial charge in [0, 0.05) is 0 Å². The van der Waals surface area contributed by atoms with Gasteiger partial charge < -0.3 is 0 Å². The molecule has 0 heterocycles. The fourth-order valence-corrected chi connectivity index (χ4v) is 1.82. The Hall–Kier alpha value is 0.272. The van der Waals surface area contributed by atoms with Crippen molar-refractivity contribution in [3.63, 3.8) is 0 Å². The lowest BCUT2D eigenvalue weighted by molar-refractivity contribution is 0.768. The molecule has 0 amide bonds. The van der Waals surface area contributed by atoms with E-state index in [1.807, 2.05) is 6.08 Å². The molecule has 0 aromatic heterocycles. The molecular formula is C8H16Al. The third-order valence-electron chi connectivity index (χ3n) is 1.35. The van der Waals surface area contributed by atoms with Gasteiger partial charge in [-0.05, 0) is 0 Å². The largest absolute Gasteiger partial charge is 0.206 e. The SMILES string of the molecule is C=C[CH2][Al][CH2]CCCC. The second kappa shape index (κ2) is 8.27. The molecular weight excluding hydrogens is 123 g/mol. The zero-order valence-electron chi connectivity index (χ0n) is 6.40. The highest BCUT2D eigenvalue weighted by Gasteiger charge is 1.87. The van der Waals surface area contributed by atoms with Gasteiger partial charge in [-0.3, -0.25) is 0 Å². The molecule has 0 aliphatic rings. The molecule has 0 atom stereocenters. The molecule has 0 aliphatic carbocycles. The molecule has 0 nitrogen and oxygen atoms in total. The van der Waals surface area contributed by atoms with Crippen LogP contribution >= 0.6 is 0 Å². The molecule has 1 radical (unpaired) electrons. The highest BCUT2D eigenvalue weighted by molar-refractivity contribution is 6.35. The molecule has 0 saturated carbocycles. The molecule has 9 heavy (non-hydrogen) atoms. The monoisotopic (exact) mass is 139 g/mol. The van der Waals surface area contributed by atoms with Gasteiger partial charge in [-0.25, -0.2) is 0 Å². The van der Waals surface area contributed by atoms with Crippen molar-refractivity contribution in [2.24, 2.45) is 0 Å². The second-order valence-corrected chi connectivity index (χ2v) is 3.93. The Bertz CT molecular complexity index is 59.6. The summed E-state index contributed by atoms with van der Waals surface area (Å²) in [6.07, 6.45) is 6.26. The van der Waals surface area contributed by atoms with Gasteiger partial charge in [0.25, 0.3) is 0 Å². The Kier molecular flexibility index (Phi) is 8.52. The summed E-state index contributed by atoms with van der Waals surface area (Å²) < 4.78 is 0. The van der Waals surface area contributed by atoms with E-state index in [-0.39, 0.29) is 0 Å². The average Bonchev–Trinajstić information content (AvgIpc) is 1.89. The summed E-state index contributed by atoms with van der Waals surface area (Å²) in [4.78, 5) is 0. The predicted octanol–water partition coefficient (Wildman–Crippen LogP) is 2.90. The van der Waals surface area contributed by atoms with Crippen molar-refractivity contribution in [3.8, 4) is 0 Å². The van der Waals surface area contributed by atoms with Crippen LogP contribution in [0.15, 0.2) is 12.7 Å². The first-order valence-electron chi connectivity index (χ1n) is 3.84. The van der Waals surface area contributed by atoms with Gasteiger partial charge in [-0.15, -0.1) is 17.9 Å². The van der Waals surface area contributed by atoms with Crippen molar-refractivity contribution >= 4 is 15.2 Å². The Balaban J connectivity index is 2.66. The Morgan fingerprint density at radius 1 is 1.44 bits per heavy atom. The van der Waals surface area contributed by atoms with Gasteiger partial charge in [-0.1, -0.05) is 31.5 Å². The van der Waals surface area contributed by atoms with E-state index in [9.17, 15) is 0 Å². The third-order valence-corrected chi connectivity index (χ3v) is 2.83. The Morgan fingerprint density at radius 3 is 2.78 bits per heavy atom. The van der Waals surface area contributed by atoms with Crippen LogP contribution in [0.1, 0.15) is 26.2 Å². The summed E-state index contributed by atoms with van der Waals surface area (Å²) >= 11 is 0.698. The summed E-state index contributed by atoms with van der Waals surface area (Å²) in [5.41, 5.74) is 0. The van der Waals surface area contributed by atoms with Crippen molar-refractivity contribution in [1.82, 2.24) is 0 Å². The Morgan fingerprint density at radius 2 is 2.22 bits per heavy atom. The number of rotatable bonds is 6. The molecule has 0 aromatic carbocycles. The maximum atomic E-state index is 3.70. The standard InChI is InChI=1S/C5H11.C3H5.Al/c1-3-5-4-2;1-3-2;/h1,3-5H2,2H3;3H,1-2H2;. The lowest BCUT2D eigenvalue weighted by atomic mass is 10.3. The summed E-state index contributed by atoms with van der Waals surface area (Å²) in [5, 5.41) is 2.75. The van der Waals surface area contributed by atoms with Crippen LogP contribution in [-0.4, -0.2) is 15.2 Å². The molecule has 0 saturated heterocycles. The minimum absolute atomic E-state index is 0.698. The van der Waals surface area contributed by atoms with Gasteiger partial charge in [0.05, 0.1) is 0 Å². The van der Waals surface area contributed by atoms with E-state index < -0.39 is 0 Å². The average molecular weight is 139 g/mol. The molecule has 0 fully saturated rings. The van der Waals surface area contributed by atoms with Crippen LogP contribution in [0.5, 0.6) is 0 Å². The van der Waals surface area contributed by atoms with Crippen molar-refractivity contribution < 1.29 is 0 Å². The third kappa shape index (κ3) is 8.27. The van der Waals surface area contributed by atoms with Gasteiger partial charge in [0.1, 0.15) is 0 Å². The van der Waals surface area contributed by atoms with Crippen LogP contribution in [0.4, 0.5) is 0 Å². The minimum atomic E-state index is 0.698. The van der Waals surface area contributed by atoms with Crippen LogP contribution in [0.2, 0.25) is 10.6 Å². The summed E-state index contributed by atoms with van der Waals surface area (Å²) in [7, 11) is 0. The van der Waals surface area contributed by atoms with E-state index >= 15 is 0 Å². The second-order valence-electron chi connectivity index (χ2n) is 2.31. The van der Waals surface area contributed by atoms with Crippen LogP contribution < -0.4 is 0 Å². The van der Waals surface area contributed by atoms with Gasteiger partial charge in [-0.2, -0.15) is 0 Å². The fourth-order valence-electron chi connectivity index (χ4n) is 0.774. The lowest BCUT2D eigenvalue weighted by Gasteiger charge is -1.92. The van der Waals surface area contributed by atoms with Crippen molar-refractivity contribution in [2.75, 3.05) is 0 Å². The molecule has 1 heteroatoms. The lowest BCUT2D eigenvalue weighted by Crippen LogP contribution is -1.85. The molecule has 51 valence electrons. The zero-order chi connectivity index (χ0) is 6.95. The summed E-state index contributed by atoms with van der Waals surface area (Å²) in [6, 6.07) is 0. The van der Waals surface area contributed by atoms with Crippen molar-refractivity contribution in [1.29, 1.82) is 0 Å². The van der Waals surface area contributed by atoms with E-state index in [1.165, 1.54) is 29.8 Å². The number of hydrogen-bond acceptors (Lipinski definition) is 0. The van der Waals surface area contributed by atoms with E-state index in [1.54, 1.807) is 0 Å². The molecule has 0 rings (SSSR count). The van der Waals surface area contributed by atoms with E-state index in [4.69, 9.17) is 0 Å². The smallest absolute Gasteiger partial charge is 0.106 e. The quantitative estimate of drug-likeness (QED) is 0.301. The molecule has 0 spiro atoms. The molecule has 0 unspecified atom stereocenters. The molecule has 0 bridgehead atoms. The zero-order valence-corrected chi connectivity index (χ0v) is 7.55. The van der Waals surface area contributed by atoms with Gasteiger partial charge in [0.15, 0.2) is 0 Å². The minimum Gasteiger partial charge on any atom is -0.106 e. The summed E-state index contributed by atoms with van der Waals surface area (Å²) in [5.74, 6) is 0.